The lowest BCUT2D eigenvalue weighted by molar-refractivity contribution is 0.0264. The standard InChI is InChI=1S/C13H16BrClO2/c1-9-2-3-12(17-9)8-16-11-4-5-13(14)10(6-11)7-15/h4-6,9,12H,2-3,7-8H2,1H3. The van der Waals surface area contributed by atoms with Crippen LogP contribution in [0.3, 0.4) is 0 Å². The second kappa shape index (κ2) is 6.07. The van der Waals surface area contributed by atoms with Crippen LogP contribution in [0.1, 0.15) is 25.3 Å². The first-order chi connectivity index (χ1) is 8.19. The Labute approximate surface area is 115 Å². The van der Waals surface area contributed by atoms with Gasteiger partial charge in [-0.3, -0.25) is 0 Å². The summed E-state index contributed by atoms with van der Waals surface area (Å²) in [7, 11) is 0. The highest BCUT2D eigenvalue weighted by atomic mass is 79.9. The summed E-state index contributed by atoms with van der Waals surface area (Å²) in [6, 6.07) is 5.87. The summed E-state index contributed by atoms with van der Waals surface area (Å²) >= 11 is 9.29. The Balaban J connectivity index is 1.90. The summed E-state index contributed by atoms with van der Waals surface area (Å²) in [4.78, 5) is 0. The van der Waals surface area contributed by atoms with E-state index in [2.05, 4.69) is 22.9 Å². The molecule has 1 aliphatic rings. The van der Waals surface area contributed by atoms with Gasteiger partial charge in [0.1, 0.15) is 12.4 Å². The van der Waals surface area contributed by atoms with Gasteiger partial charge in [0.05, 0.1) is 12.2 Å². The van der Waals surface area contributed by atoms with Gasteiger partial charge in [-0.1, -0.05) is 15.9 Å². The van der Waals surface area contributed by atoms with Crippen molar-refractivity contribution in [3.05, 3.63) is 28.2 Å². The quantitative estimate of drug-likeness (QED) is 0.777. The summed E-state index contributed by atoms with van der Waals surface area (Å²) in [6.07, 6.45) is 2.81. The molecule has 0 aromatic heterocycles. The van der Waals surface area contributed by atoms with Crippen LogP contribution in [0.25, 0.3) is 0 Å². The van der Waals surface area contributed by atoms with Crippen molar-refractivity contribution in [2.75, 3.05) is 6.61 Å². The van der Waals surface area contributed by atoms with Crippen LogP contribution in [0.2, 0.25) is 0 Å². The van der Waals surface area contributed by atoms with Crippen LogP contribution in [-0.2, 0) is 10.6 Å². The number of alkyl halides is 1. The summed E-state index contributed by atoms with van der Waals surface area (Å²) in [6.45, 7) is 2.72. The number of ether oxygens (including phenoxy) is 2. The number of rotatable bonds is 4. The summed E-state index contributed by atoms with van der Waals surface area (Å²) < 4.78 is 12.5. The fraction of sp³-hybridized carbons (Fsp3) is 0.538. The van der Waals surface area contributed by atoms with Crippen molar-refractivity contribution >= 4 is 27.5 Å². The average molecular weight is 320 g/mol. The van der Waals surface area contributed by atoms with Gasteiger partial charge >= 0.3 is 0 Å². The van der Waals surface area contributed by atoms with Gasteiger partial charge in [0.2, 0.25) is 0 Å². The number of halogens is 2. The minimum atomic E-state index is 0.230. The second-order valence-electron chi connectivity index (χ2n) is 4.34. The van der Waals surface area contributed by atoms with E-state index >= 15 is 0 Å². The molecule has 1 heterocycles. The number of hydrogen-bond acceptors (Lipinski definition) is 2. The van der Waals surface area contributed by atoms with Crippen LogP contribution in [0.4, 0.5) is 0 Å². The van der Waals surface area contributed by atoms with E-state index in [1.165, 1.54) is 0 Å². The topological polar surface area (TPSA) is 18.5 Å². The first-order valence-electron chi connectivity index (χ1n) is 5.81. The van der Waals surface area contributed by atoms with Gasteiger partial charge in [-0.15, -0.1) is 11.6 Å². The Morgan fingerprint density at radius 1 is 1.47 bits per heavy atom. The molecule has 4 heteroatoms. The van der Waals surface area contributed by atoms with E-state index in [-0.39, 0.29) is 6.10 Å². The van der Waals surface area contributed by atoms with E-state index in [0.29, 0.717) is 18.6 Å². The Hall–Kier alpha value is -0.250. The van der Waals surface area contributed by atoms with Gasteiger partial charge in [0.15, 0.2) is 0 Å². The molecule has 0 saturated carbocycles. The lowest BCUT2D eigenvalue weighted by Gasteiger charge is -2.13. The van der Waals surface area contributed by atoms with E-state index < -0.39 is 0 Å². The van der Waals surface area contributed by atoms with Gasteiger partial charge < -0.3 is 9.47 Å². The zero-order valence-electron chi connectivity index (χ0n) is 9.79. The van der Waals surface area contributed by atoms with E-state index in [1.54, 1.807) is 0 Å². The fourth-order valence-corrected chi connectivity index (χ4v) is 2.71. The Morgan fingerprint density at radius 2 is 2.29 bits per heavy atom. The highest BCUT2D eigenvalue weighted by Gasteiger charge is 2.22. The highest BCUT2D eigenvalue weighted by molar-refractivity contribution is 9.10. The molecular weight excluding hydrogens is 303 g/mol. The molecule has 1 aromatic carbocycles. The van der Waals surface area contributed by atoms with Crippen LogP contribution in [-0.4, -0.2) is 18.8 Å². The van der Waals surface area contributed by atoms with Crippen molar-refractivity contribution in [2.24, 2.45) is 0 Å². The molecule has 1 aliphatic heterocycles. The van der Waals surface area contributed by atoms with Crippen LogP contribution < -0.4 is 4.74 Å². The summed E-state index contributed by atoms with van der Waals surface area (Å²) in [5.74, 6) is 1.33. The highest BCUT2D eigenvalue weighted by Crippen LogP contribution is 2.25. The van der Waals surface area contributed by atoms with Crippen LogP contribution in [0, 0.1) is 0 Å². The molecule has 0 amide bonds. The van der Waals surface area contributed by atoms with Crippen LogP contribution in [0.5, 0.6) is 5.75 Å². The van der Waals surface area contributed by atoms with Gasteiger partial charge in [-0.2, -0.15) is 0 Å². The molecule has 0 spiro atoms. The van der Waals surface area contributed by atoms with Crippen molar-refractivity contribution in [1.82, 2.24) is 0 Å². The largest absolute Gasteiger partial charge is 0.491 e. The molecule has 2 nitrogen and oxygen atoms in total. The summed E-state index contributed by atoms with van der Waals surface area (Å²) in [5, 5.41) is 0. The minimum absolute atomic E-state index is 0.230. The predicted octanol–water partition coefficient (Wildman–Crippen LogP) is 4.13. The van der Waals surface area contributed by atoms with Crippen molar-refractivity contribution in [1.29, 1.82) is 0 Å². The average Bonchev–Trinajstić information content (AvgIpc) is 2.74. The third kappa shape index (κ3) is 3.60. The Bertz CT molecular complexity index is 384. The maximum Gasteiger partial charge on any atom is 0.119 e. The molecule has 1 saturated heterocycles. The molecule has 0 N–H and O–H groups in total. The van der Waals surface area contributed by atoms with E-state index in [9.17, 15) is 0 Å². The zero-order chi connectivity index (χ0) is 12.3. The smallest absolute Gasteiger partial charge is 0.119 e. The van der Waals surface area contributed by atoms with Gasteiger partial charge in [0.25, 0.3) is 0 Å². The van der Waals surface area contributed by atoms with Crippen molar-refractivity contribution < 1.29 is 9.47 Å². The molecule has 2 unspecified atom stereocenters. The summed E-state index contributed by atoms with van der Waals surface area (Å²) in [5.41, 5.74) is 1.05. The van der Waals surface area contributed by atoms with E-state index in [4.69, 9.17) is 21.1 Å². The minimum Gasteiger partial charge on any atom is -0.491 e. The Kier molecular flexibility index (Phi) is 4.71. The monoisotopic (exact) mass is 318 g/mol. The van der Waals surface area contributed by atoms with Gasteiger partial charge in [0, 0.05) is 10.4 Å². The van der Waals surface area contributed by atoms with Crippen molar-refractivity contribution in [3.8, 4) is 5.75 Å². The first kappa shape index (κ1) is 13.2. The lowest BCUT2D eigenvalue weighted by Crippen LogP contribution is -2.17. The Morgan fingerprint density at radius 3 is 2.94 bits per heavy atom. The SMILES string of the molecule is CC1CCC(COc2ccc(Br)c(CCl)c2)O1. The normalized spacial score (nSPS) is 23.9. The third-order valence-electron chi connectivity index (χ3n) is 2.92. The zero-order valence-corrected chi connectivity index (χ0v) is 12.1. The lowest BCUT2D eigenvalue weighted by atomic mass is 10.2. The second-order valence-corrected chi connectivity index (χ2v) is 5.47. The number of hydrogen-bond donors (Lipinski definition) is 0. The molecule has 2 rings (SSSR count). The molecule has 1 aromatic rings. The molecule has 1 fully saturated rings. The predicted molar refractivity (Wildman–Crippen MR) is 72.8 cm³/mol. The molecule has 94 valence electrons. The van der Waals surface area contributed by atoms with Crippen LogP contribution >= 0.6 is 27.5 Å². The molecule has 0 radical (unpaired) electrons. The van der Waals surface area contributed by atoms with Crippen molar-refractivity contribution in [3.63, 3.8) is 0 Å². The molecule has 2 atom stereocenters. The number of benzene rings is 1. The maximum absolute atomic E-state index is 5.84. The first-order valence-corrected chi connectivity index (χ1v) is 7.14. The van der Waals surface area contributed by atoms with Crippen LogP contribution in [0.15, 0.2) is 22.7 Å². The molecule has 0 aliphatic carbocycles. The maximum atomic E-state index is 5.84. The molecule has 0 bridgehead atoms. The molecular formula is C13H16BrClO2. The van der Waals surface area contributed by atoms with E-state index in [0.717, 1.165) is 28.6 Å². The van der Waals surface area contributed by atoms with Gasteiger partial charge in [-0.05, 0) is 43.5 Å². The van der Waals surface area contributed by atoms with Gasteiger partial charge in [-0.25, -0.2) is 0 Å². The molecule has 17 heavy (non-hydrogen) atoms. The van der Waals surface area contributed by atoms with E-state index in [1.807, 2.05) is 18.2 Å². The third-order valence-corrected chi connectivity index (χ3v) is 3.98. The fourth-order valence-electron chi connectivity index (χ4n) is 1.94. The van der Waals surface area contributed by atoms with Crippen molar-refractivity contribution in [2.45, 2.75) is 37.9 Å².